The van der Waals surface area contributed by atoms with E-state index in [2.05, 4.69) is 26.8 Å². The molecule has 0 aliphatic rings. The predicted octanol–water partition coefficient (Wildman–Crippen LogP) is 4.18. The van der Waals surface area contributed by atoms with Crippen LogP contribution in [0, 0.1) is 11.3 Å². The van der Waals surface area contributed by atoms with Gasteiger partial charge in [-0.3, -0.25) is 9.59 Å². The summed E-state index contributed by atoms with van der Waals surface area (Å²) in [5.74, 6) is -0.0177. The number of rotatable bonds is 8. The van der Waals surface area contributed by atoms with Crippen LogP contribution in [-0.4, -0.2) is 26.6 Å². The lowest BCUT2D eigenvalue weighted by Crippen LogP contribution is -2.24. The van der Waals surface area contributed by atoms with Crippen LogP contribution >= 0.6 is 0 Å². The lowest BCUT2D eigenvalue weighted by molar-refractivity contribution is -0.119. The summed E-state index contributed by atoms with van der Waals surface area (Å²) in [5, 5.41) is 18.8. The van der Waals surface area contributed by atoms with E-state index in [1.54, 1.807) is 67.6 Å². The second-order valence-corrected chi connectivity index (χ2v) is 7.66. The van der Waals surface area contributed by atoms with Gasteiger partial charge in [-0.1, -0.05) is 24.3 Å². The summed E-state index contributed by atoms with van der Waals surface area (Å²) in [6.07, 6.45) is 2.85. The Hall–Kier alpha value is -4.97. The molecule has 9 nitrogen and oxygen atoms in total. The van der Waals surface area contributed by atoms with Gasteiger partial charge in [0.15, 0.2) is 0 Å². The number of anilines is 2. The summed E-state index contributed by atoms with van der Waals surface area (Å²) < 4.78 is 7.26. The van der Waals surface area contributed by atoms with E-state index >= 15 is 0 Å². The average molecular weight is 467 g/mol. The van der Waals surface area contributed by atoms with Gasteiger partial charge in [-0.2, -0.15) is 10.4 Å². The molecule has 0 spiro atoms. The molecule has 9 heteroatoms. The molecule has 0 radical (unpaired) electrons. The average Bonchev–Trinajstić information content (AvgIpc) is 3.43. The van der Waals surface area contributed by atoms with Crippen LogP contribution in [0.3, 0.4) is 0 Å². The summed E-state index contributed by atoms with van der Waals surface area (Å²) in [6, 6.07) is 22.5. The minimum Gasteiger partial charge on any atom is -0.489 e. The molecule has 1 atom stereocenters. The number of hydrogen-bond donors (Lipinski definition) is 2. The maximum absolute atomic E-state index is 12.7. The van der Waals surface area contributed by atoms with Gasteiger partial charge in [0.2, 0.25) is 5.91 Å². The molecule has 1 heterocycles. The van der Waals surface area contributed by atoms with Crippen molar-refractivity contribution >= 4 is 23.2 Å². The molecule has 174 valence electrons. The van der Waals surface area contributed by atoms with Crippen LogP contribution in [0.1, 0.15) is 34.5 Å². The maximum atomic E-state index is 12.7. The Morgan fingerprint density at radius 1 is 1.03 bits per heavy atom. The molecule has 0 aliphatic carbocycles. The molecule has 2 amide bonds. The largest absolute Gasteiger partial charge is 0.489 e. The van der Waals surface area contributed by atoms with E-state index in [4.69, 9.17) is 4.74 Å². The quantitative estimate of drug-likeness (QED) is 0.402. The summed E-state index contributed by atoms with van der Waals surface area (Å²) in [6.45, 7) is 1.94. The molecule has 0 saturated carbocycles. The van der Waals surface area contributed by atoms with E-state index in [0.29, 0.717) is 28.3 Å². The lowest BCUT2D eigenvalue weighted by Gasteiger charge is -2.13. The zero-order valence-corrected chi connectivity index (χ0v) is 18.9. The molecule has 1 aromatic heterocycles. The molecule has 1 unspecified atom stereocenters. The number of nitriles is 1. The van der Waals surface area contributed by atoms with Crippen molar-refractivity contribution in [2.45, 2.75) is 19.6 Å². The molecule has 3 aromatic carbocycles. The van der Waals surface area contributed by atoms with E-state index in [0.717, 1.165) is 5.56 Å². The highest BCUT2D eigenvalue weighted by atomic mass is 16.5. The van der Waals surface area contributed by atoms with Crippen LogP contribution in [-0.2, 0) is 11.4 Å². The van der Waals surface area contributed by atoms with Crippen molar-refractivity contribution in [1.82, 2.24) is 14.8 Å². The molecular formula is C26H22N6O3. The molecule has 0 bridgehead atoms. The van der Waals surface area contributed by atoms with E-state index in [1.807, 2.05) is 12.1 Å². The number of aromatic nitrogens is 3. The van der Waals surface area contributed by atoms with Crippen LogP contribution in [0.5, 0.6) is 5.75 Å². The zero-order valence-electron chi connectivity index (χ0n) is 18.9. The standard InChI is InChI=1S/C26H22N6O3/c1-18(32-17-28-16-29-32)25(33)30-22-9-11-23(12-10-22)31-26(34)19-7-4-8-24(13-19)35-15-21-6-3-2-5-20(21)14-27/h2-13,16-18H,15H2,1H3,(H,30,33)(H,31,34). The highest BCUT2D eigenvalue weighted by molar-refractivity contribution is 6.04. The smallest absolute Gasteiger partial charge is 0.255 e. The van der Waals surface area contributed by atoms with Crippen LogP contribution < -0.4 is 15.4 Å². The van der Waals surface area contributed by atoms with E-state index in [9.17, 15) is 14.9 Å². The first-order valence-electron chi connectivity index (χ1n) is 10.8. The highest BCUT2D eigenvalue weighted by Crippen LogP contribution is 2.19. The third-order valence-corrected chi connectivity index (χ3v) is 5.25. The van der Waals surface area contributed by atoms with E-state index in [-0.39, 0.29) is 18.4 Å². The van der Waals surface area contributed by atoms with Gasteiger partial charge >= 0.3 is 0 Å². The van der Waals surface area contributed by atoms with Crippen LogP contribution in [0.2, 0.25) is 0 Å². The van der Waals surface area contributed by atoms with Gasteiger partial charge in [0, 0.05) is 22.5 Å². The van der Waals surface area contributed by atoms with Gasteiger partial charge < -0.3 is 15.4 Å². The maximum Gasteiger partial charge on any atom is 0.255 e. The van der Waals surface area contributed by atoms with E-state index in [1.165, 1.54) is 17.3 Å². The van der Waals surface area contributed by atoms with Crippen molar-refractivity contribution in [2.24, 2.45) is 0 Å². The number of carbonyl (C=O) groups excluding carboxylic acids is 2. The normalized spacial score (nSPS) is 11.2. The van der Waals surface area contributed by atoms with Crippen molar-refractivity contribution in [2.75, 3.05) is 10.6 Å². The first-order chi connectivity index (χ1) is 17.0. The van der Waals surface area contributed by atoms with Gasteiger partial charge in [-0.15, -0.1) is 0 Å². The number of carbonyl (C=O) groups is 2. The highest BCUT2D eigenvalue weighted by Gasteiger charge is 2.15. The number of ether oxygens (including phenoxy) is 1. The fraction of sp³-hybridized carbons (Fsp3) is 0.115. The summed E-state index contributed by atoms with van der Waals surface area (Å²) in [5.41, 5.74) is 2.91. The van der Waals surface area contributed by atoms with Gasteiger partial charge in [0.25, 0.3) is 5.91 Å². The second kappa shape index (κ2) is 10.8. The summed E-state index contributed by atoms with van der Waals surface area (Å²) >= 11 is 0. The molecule has 35 heavy (non-hydrogen) atoms. The third kappa shape index (κ3) is 5.89. The van der Waals surface area contributed by atoms with E-state index < -0.39 is 6.04 Å². The predicted molar refractivity (Wildman–Crippen MR) is 130 cm³/mol. The monoisotopic (exact) mass is 466 g/mol. The molecule has 4 aromatic rings. The van der Waals surface area contributed by atoms with Crippen molar-refractivity contribution in [3.8, 4) is 11.8 Å². The van der Waals surface area contributed by atoms with Gasteiger partial charge in [0.05, 0.1) is 11.6 Å². The molecule has 0 fully saturated rings. The van der Waals surface area contributed by atoms with Crippen molar-refractivity contribution in [1.29, 1.82) is 5.26 Å². The Labute approximate surface area is 202 Å². The van der Waals surface area contributed by atoms with Crippen LogP contribution in [0.4, 0.5) is 11.4 Å². The Balaban J connectivity index is 1.34. The fourth-order valence-corrected chi connectivity index (χ4v) is 3.27. The first kappa shape index (κ1) is 23.2. The van der Waals surface area contributed by atoms with Crippen molar-refractivity contribution < 1.29 is 14.3 Å². The number of nitrogens with one attached hydrogen (secondary N) is 2. The number of amides is 2. The molecule has 4 rings (SSSR count). The molecule has 2 N–H and O–H groups in total. The minimum absolute atomic E-state index is 0.220. The second-order valence-electron chi connectivity index (χ2n) is 7.66. The summed E-state index contributed by atoms with van der Waals surface area (Å²) in [4.78, 5) is 28.9. The topological polar surface area (TPSA) is 122 Å². The number of hydrogen-bond acceptors (Lipinski definition) is 6. The Bertz CT molecular complexity index is 1360. The molecular weight excluding hydrogens is 444 g/mol. The van der Waals surface area contributed by atoms with Crippen molar-refractivity contribution in [3.63, 3.8) is 0 Å². The van der Waals surface area contributed by atoms with Crippen LogP contribution in [0.15, 0.2) is 85.5 Å². The SMILES string of the molecule is CC(C(=O)Nc1ccc(NC(=O)c2cccc(OCc3ccccc3C#N)c2)cc1)n1cncn1. The Kier molecular flexibility index (Phi) is 7.13. The fourth-order valence-electron chi connectivity index (χ4n) is 3.27. The summed E-state index contributed by atoms with van der Waals surface area (Å²) in [7, 11) is 0. The number of nitrogens with zero attached hydrogens (tertiary/aromatic N) is 4. The lowest BCUT2D eigenvalue weighted by atomic mass is 10.1. The minimum atomic E-state index is -0.514. The zero-order chi connectivity index (χ0) is 24.6. The Morgan fingerprint density at radius 2 is 1.77 bits per heavy atom. The first-order valence-corrected chi connectivity index (χ1v) is 10.8. The number of benzene rings is 3. The van der Waals surface area contributed by atoms with Gasteiger partial charge in [-0.25, -0.2) is 9.67 Å². The van der Waals surface area contributed by atoms with Gasteiger partial charge in [0.1, 0.15) is 31.1 Å². The van der Waals surface area contributed by atoms with Crippen LogP contribution in [0.25, 0.3) is 0 Å². The third-order valence-electron chi connectivity index (χ3n) is 5.25. The van der Waals surface area contributed by atoms with Gasteiger partial charge in [-0.05, 0) is 55.5 Å². The molecule has 0 saturated heterocycles. The van der Waals surface area contributed by atoms with Crippen molar-refractivity contribution in [3.05, 3.63) is 102 Å². The Morgan fingerprint density at radius 3 is 2.49 bits per heavy atom. The molecule has 0 aliphatic heterocycles.